The van der Waals surface area contributed by atoms with Gasteiger partial charge in [-0.3, -0.25) is 0 Å². The van der Waals surface area contributed by atoms with E-state index in [0.717, 1.165) is 25.5 Å². The number of aliphatic carboxylic acids is 1. The Kier molecular flexibility index (Phi) is 4.82. The lowest BCUT2D eigenvalue weighted by atomic mass is 10.2. The van der Waals surface area contributed by atoms with Crippen LogP contribution >= 0.6 is 11.6 Å². The molecule has 0 aliphatic carbocycles. The first-order valence-electron chi connectivity index (χ1n) is 6.10. The smallest absolute Gasteiger partial charge is 0.328 e. The molecular formula is C14H15ClO4. The molecule has 1 saturated heterocycles. The van der Waals surface area contributed by atoms with E-state index in [9.17, 15) is 4.79 Å². The van der Waals surface area contributed by atoms with Gasteiger partial charge in [0, 0.05) is 23.3 Å². The third kappa shape index (κ3) is 4.26. The molecule has 1 unspecified atom stereocenters. The normalized spacial score (nSPS) is 18.9. The fraction of sp³-hybridized carbons (Fsp3) is 0.357. The monoisotopic (exact) mass is 282 g/mol. The fourth-order valence-electron chi connectivity index (χ4n) is 1.90. The highest BCUT2D eigenvalue weighted by Crippen LogP contribution is 2.25. The second kappa shape index (κ2) is 6.59. The van der Waals surface area contributed by atoms with Crippen molar-refractivity contribution in [1.82, 2.24) is 0 Å². The molecule has 1 aliphatic heterocycles. The Balaban J connectivity index is 2.07. The van der Waals surface area contributed by atoms with Gasteiger partial charge in [0.2, 0.25) is 0 Å². The molecule has 1 N–H and O–H groups in total. The molecule has 0 bridgehead atoms. The summed E-state index contributed by atoms with van der Waals surface area (Å²) in [5, 5.41) is 9.19. The second-order valence-electron chi connectivity index (χ2n) is 4.30. The van der Waals surface area contributed by atoms with E-state index in [1.54, 1.807) is 18.2 Å². The number of halogens is 1. The van der Waals surface area contributed by atoms with E-state index in [0.29, 0.717) is 22.9 Å². The summed E-state index contributed by atoms with van der Waals surface area (Å²) in [7, 11) is 0. The SMILES string of the molecule is O=C(O)/C=C/c1cc(Cl)ccc1OCC1CCCO1. The van der Waals surface area contributed by atoms with E-state index in [1.807, 2.05) is 0 Å². The minimum Gasteiger partial charge on any atom is -0.490 e. The standard InChI is InChI=1S/C14H15ClO4/c15-11-4-5-13(10(8-11)3-6-14(16)17)19-9-12-2-1-7-18-12/h3-6,8,12H,1-2,7,9H2,(H,16,17)/b6-3+. The molecule has 2 rings (SSSR count). The average Bonchev–Trinajstić information content (AvgIpc) is 2.88. The van der Waals surface area contributed by atoms with Crippen molar-refractivity contribution in [2.75, 3.05) is 13.2 Å². The zero-order chi connectivity index (χ0) is 13.7. The van der Waals surface area contributed by atoms with Crippen LogP contribution in [0.25, 0.3) is 6.08 Å². The van der Waals surface area contributed by atoms with Crippen LogP contribution in [0.4, 0.5) is 0 Å². The third-order valence-electron chi connectivity index (χ3n) is 2.83. The summed E-state index contributed by atoms with van der Waals surface area (Å²) in [6.45, 7) is 1.25. The maximum atomic E-state index is 10.6. The molecule has 1 aliphatic rings. The maximum Gasteiger partial charge on any atom is 0.328 e. The van der Waals surface area contributed by atoms with Gasteiger partial charge in [-0.05, 0) is 37.1 Å². The molecule has 1 atom stereocenters. The van der Waals surface area contributed by atoms with Gasteiger partial charge >= 0.3 is 5.97 Å². The summed E-state index contributed by atoms with van der Waals surface area (Å²) in [6.07, 6.45) is 4.70. The van der Waals surface area contributed by atoms with Gasteiger partial charge in [0.15, 0.2) is 0 Å². The highest BCUT2D eigenvalue weighted by Gasteiger charge is 2.16. The van der Waals surface area contributed by atoms with Crippen molar-refractivity contribution in [2.45, 2.75) is 18.9 Å². The van der Waals surface area contributed by atoms with Gasteiger partial charge in [-0.15, -0.1) is 0 Å². The Labute approximate surface area is 116 Å². The number of ether oxygens (including phenoxy) is 2. The molecule has 0 spiro atoms. The van der Waals surface area contributed by atoms with E-state index < -0.39 is 5.97 Å². The number of benzene rings is 1. The minimum absolute atomic E-state index is 0.118. The molecule has 102 valence electrons. The molecule has 1 heterocycles. The number of carboxylic acids is 1. The molecular weight excluding hydrogens is 268 g/mol. The average molecular weight is 283 g/mol. The van der Waals surface area contributed by atoms with Crippen LogP contribution in [0.3, 0.4) is 0 Å². The topological polar surface area (TPSA) is 55.8 Å². The molecule has 1 fully saturated rings. The molecule has 1 aromatic carbocycles. The number of rotatable bonds is 5. The zero-order valence-electron chi connectivity index (χ0n) is 10.3. The molecule has 0 amide bonds. The molecule has 0 radical (unpaired) electrons. The highest BCUT2D eigenvalue weighted by atomic mass is 35.5. The van der Waals surface area contributed by atoms with Crippen LogP contribution in [0.2, 0.25) is 5.02 Å². The van der Waals surface area contributed by atoms with E-state index in [2.05, 4.69) is 0 Å². The summed E-state index contributed by atoms with van der Waals surface area (Å²) >= 11 is 5.90. The van der Waals surface area contributed by atoms with Crippen molar-refractivity contribution in [3.63, 3.8) is 0 Å². The zero-order valence-corrected chi connectivity index (χ0v) is 11.1. The first-order valence-corrected chi connectivity index (χ1v) is 6.48. The Morgan fingerprint density at radius 3 is 3.11 bits per heavy atom. The van der Waals surface area contributed by atoms with Crippen molar-refractivity contribution < 1.29 is 19.4 Å². The van der Waals surface area contributed by atoms with Crippen molar-refractivity contribution in [1.29, 1.82) is 0 Å². The minimum atomic E-state index is -1.01. The lowest BCUT2D eigenvalue weighted by molar-refractivity contribution is -0.131. The Bertz CT molecular complexity index is 478. The Morgan fingerprint density at radius 1 is 1.58 bits per heavy atom. The predicted octanol–water partition coefficient (Wildman–Crippen LogP) is 3.00. The van der Waals surface area contributed by atoms with Crippen LogP contribution in [0.15, 0.2) is 24.3 Å². The first-order chi connectivity index (χ1) is 9.15. The largest absolute Gasteiger partial charge is 0.490 e. The lowest BCUT2D eigenvalue weighted by Crippen LogP contribution is -2.16. The molecule has 5 heteroatoms. The Hall–Kier alpha value is -1.52. The van der Waals surface area contributed by atoms with Gasteiger partial charge in [-0.1, -0.05) is 11.6 Å². The molecule has 0 saturated carbocycles. The predicted molar refractivity (Wildman–Crippen MR) is 72.6 cm³/mol. The molecule has 0 aromatic heterocycles. The fourth-order valence-corrected chi connectivity index (χ4v) is 2.08. The van der Waals surface area contributed by atoms with Crippen LogP contribution in [0, 0.1) is 0 Å². The molecule has 4 nitrogen and oxygen atoms in total. The van der Waals surface area contributed by atoms with E-state index >= 15 is 0 Å². The van der Waals surface area contributed by atoms with Crippen LogP contribution in [-0.2, 0) is 9.53 Å². The number of hydrogen-bond acceptors (Lipinski definition) is 3. The summed E-state index contributed by atoms with van der Waals surface area (Å²) in [4.78, 5) is 10.6. The van der Waals surface area contributed by atoms with Crippen molar-refractivity contribution in [2.24, 2.45) is 0 Å². The summed E-state index contributed by atoms with van der Waals surface area (Å²) in [5.41, 5.74) is 0.646. The Morgan fingerprint density at radius 2 is 2.42 bits per heavy atom. The van der Waals surface area contributed by atoms with Crippen LogP contribution in [-0.4, -0.2) is 30.4 Å². The highest BCUT2D eigenvalue weighted by molar-refractivity contribution is 6.30. The number of hydrogen-bond donors (Lipinski definition) is 1. The summed E-state index contributed by atoms with van der Waals surface area (Å²) in [6, 6.07) is 5.12. The van der Waals surface area contributed by atoms with Gasteiger partial charge in [0.25, 0.3) is 0 Å². The van der Waals surface area contributed by atoms with Gasteiger partial charge < -0.3 is 14.6 Å². The lowest BCUT2D eigenvalue weighted by Gasteiger charge is -2.13. The van der Waals surface area contributed by atoms with Gasteiger partial charge in [0.1, 0.15) is 12.4 Å². The van der Waals surface area contributed by atoms with Crippen LogP contribution < -0.4 is 4.74 Å². The van der Waals surface area contributed by atoms with Gasteiger partial charge in [0.05, 0.1) is 6.10 Å². The van der Waals surface area contributed by atoms with E-state index in [4.69, 9.17) is 26.2 Å². The van der Waals surface area contributed by atoms with Gasteiger partial charge in [-0.2, -0.15) is 0 Å². The second-order valence-corrected chi connectivity index (χ2v) is 4.74. The number of carbonyl (C=O) groups is 1. The molecule has 1 aromatic rings. The third-order valence-corrected chi connectivity index (χ3v) is 3.06. The van der Waals surface area contributed by atoms with Crippen molar-refractivity contribution >= 4 is 23.6 Å². The van der Waals surface area contributed by atoms with E-state index in [-0.39, 0.29) is 6.10 Å². The van der Waals surface area contributed by atoms with Crippen LogP contribution in [0.5, 0.6) is 5.75 Å². The maximum absolute atomic E-state index is 10.6. The number of carboxylic acid groups (broad SMARTS) is 1. The van der Waals surface area contributed by atoms with Crippen molar-refractivity contribution in [3.05, 3.63) is 34.9 Å². The van der Waals surface area contributed by atoms with Crippen molar-refractivity contribution in [3.8, 4) is 5.75 Å². The summed E-state index contributed by atoms with van der Waals surface area (Å²) < 4.78 is 11.2. The first kappa shape index (κ1) is 13.9. The molecule has 19 heavy (non-hydrogen) atoms. The van der Waals surface area contributed by atoms with Gasteiger partial charge in [-0.25, -0.2) is 4.79 Å². The quantitative estimate of drug-likeness (QED) is 0.844. The summed E-state index contributed by atoms with van der Waals surface area (Å²) in [5.74, 6) is -0.401. The van der Waals surface area contributed by atoms with Crippen LogP contribution in [0.1, 0.15) is 18.4 Å². The van der Waals surface area contributed by atoms with E-state index in [1.165, 1.54) is 6.08 Å².